The fourth-order valence-corrected chi connectivity index (χ4v) is 2.46. The molecule has 0 spiro atoms. The van der Waals surface area contributed by atoms with E-state index < -0.39 is 11.9 Å². The second kappa shape index (κ2) is 10.7. The zero-order valence-corrected chi connectivity index (χ0v) is 15.5. The molecular weight excluding hydrogens is 342 g/mol. The summed E-state index contributed by atoms with van der Waals surface area (Å²) in [5, 5.41) is 3.12. The molecule has 5 heteroatoms. The highest BCUT2D eigenvalue weighted by atomic mass is 16.5. The van der Waals surface area contributed by atoms with Crippen LogP contribution >= 0.6 is 0 Å². The molecule has 0 saturated heterocycles. The quantitative estimate of drug-likeness (QED) is 0.575. The maximum Gasteiger partial charge on any atom is 0.335 e. The highest BCUT2D eigenvalue weighted by Gasteiger charge is 2.13. The number of carbonyl (C=O) groups excluding carboxylic acids is 2. The largest absolute Gasteiger partial charge is 0.466 e. The van der Waals surface area contributed by atoms with Crippen LogP contribution in [0.1, 0.15) is 11.1 Å². The van der Waals surface area contributed by atoms with Gasteiger partial charge in [0.25, 0.3) is 0 Å². The van der Waals surface area contributed by atoms with Crippen LogP contribution < -0.4 is 5.32 Å². The van der Waals surface area contributed by atoms with Gasteiger partial charge in [-0.15, -0.1) is 0 Å². The van der Waals surface area contributed by atoms with Gasteiger partial charge < -0.3 is 14.8 Å². The topological polar surface area (TPSA) is 64.6 Å². The van der Waals surface area contributed by atoms with Gasteiger partial charge in [0.05, 0.1) is 25.4 Å². The van der Waals surface area contributed by atoms with Gasteiger partial charge in [0.15, 0.2) is 0 Å². The predicted molar refractivity (Wildman–Crippen MR) is 106 cm³/mol. The van der Waals surface area contributed by atoms with Crippen LogP contribution in [0.2, 0.25) is 0 Å². The van der Waals surface area contributed by atoms with Gasteiger partial charge in [0, 0.05) is 13.1 Å². The number of methoxy groups -OCH3 is 2. The first-order chi connectivity index (χ1) is 13.1. The van der Waals surface area contributed by atoms with Crippen molar-refractivity contribution >= 4 is 24.1 Å². The van der Waals surface area contributed by atoms with Crippen LogP contribution in [0.4, 0.5) is 0 Å². The molecule has 2 aromatic rings. The molecule has 0 amide bonds. The average Bonchev–Trinajstić information content (AvgIpc) is 2.72. The lowest BCUT2D eigenvalue weighted by atomic mass is 10.1. The Balaban J connectivity index is 2.11. The molecule has 2 aromatic carbocycles. The number of ether oxygens (including phenoxy) is 2. The first-order valence-corrected chi connectivity index (χ1v) is 8.52. The first kappa shape index (κ1) is 20.1. The lowest BCUT2D eigenvalue weighted by molar-refractivity contribution is -0.136. The summed E-state index contributed by atoms with van der Waals surface area (Å²) in [7, 11) is 2.69. The summed E-state index contributed by atoms with van der Waals surface area (Å²) in [5.74, 6) is -0.837. The SMILES string of the molecule is COC(=O)/C(=C/c1ccccc1)CNC/C(=C\c1ccccc1)C(=O)OC. The number of nitrogens with one attached hydrogen (secondary N) is 1. The van der Waals surface area contributed by atoms with E-state index in [0.29, 0.717) is 11.1 Å². The van der Waals surface area contributed by atoms with Crippen molar-refractivity contribution in [3.05, 3.63) is 82.9 Å². The Labute approximate surface area is 159 Å². The zero-order valence-electron chi connectivity index (χ0n) is 15.5. The summed E-state index contributed by atoms with van der Waals surface area (Å²) in [6, 6.07) is 19.0. The summed E-state index contributed by atoms with van der Waals surface area (Å²) < 4.78 is 9.71. The molecule has 0 aliphatic rings. The van der Waals surface area contributed by atoms with Crippen molar-refractivity contribution in [2.45, 2.75) is 0 Å². The third-order valence-corrected chi connectivity index (χ3v) is 3.81. The first-order valence-electron chi connectivity index (χ1n) is 8.52. The minimum Gasteiger partial charge on any atom is -0.466 e. The van der Waals surface area contributed by atoms with Crippen molar-refractivity contribution in [3.8, 4) is 0 Å². The molecule has 27 heavy (non-hydrogen) atoms. The molecule has 0 fully saturated rings. The summed E-state index contributed by atoms with van der Waals surface area (Å²) in [4.78, 5) is 24.1. The second-order valence-electron chi connectivity index (χ2n) is 5.75. The minimum absolute atomic E-state index is 0.255. The van der Waals surface area contributed by atoms with E-state index in [1.165, 1.54) is 14.2 Å². The van der Waals surface area contributed by atoms with Gasteiger partial charge in [-0.3, -0.25) is 0 Å². The molecule has 0 unspecified atom stereocenters. The van der Waals surface area contributed by atoms with E-state index in [9.17, 15) is 9.59 Å². The molecule has 1 N–H and O–H groups in total. The highest BCUT2D eigenvalue weighted by Crippen LogP contribution is 2.10. The number of hydrogen-bond donors (Lipinski definition) is 1. The standard InChI is InChI=1S/C22H23NO4/c1-26-21(24)19(13-17-9-5-3-6-10-17)15-23-16-20(22(25)27-2)14-18-11-7-4-8-12-18/h3-14,23H,15-16H2,1-2H3/b19-13+,20-14+. The second-order valence-corrected chi connectivity index (χ2v) is 5.75. The Morgan fingerprint density at radius 3 is 1.44 bits per heavy atom. The lowest BCUT2D eigenvalue weighted by Crippen LogP contribution is -2.26. The summed E-state index contributed by atoms with van der Waals surface area (Å²) in [5.41, 5.74) is 2.72. The van der Waals surface area contributed by atoms with Gasteiger partial charge in [-0.2, -0.15) is 0 Å². The lowest BCUT2D eigenvalue weighted by Gasteiger charge is -2.10. The van der Waals surface area contributed by atoms with Crippen LogP contribution in [-0.4, -0.2) is 39.2 Å². The molecule has 0 aromatic heterocycles. The fourth-order valence-electron chi connectivity index (χ4n) is 2.46. The van der Waals surface area contributed by atoms with Gasteiger partial charge in [0.1, 0.15) is 0 Å². The number of rotatable bonds is 8. The van der Waals surface area contributed by atoms with Gasteiger partial charge >= 0.3 is 11.9 Å². The van der Waals surface area contributed by atoms with E-state index in [1.807, 2.05) is 60.7 Å². The van der Waals surface area contributed by atoms with Gasteiger partial charge in [-0.25, -0.2) is 9.59 Å². The van der Waals surface area contributed by atoms with Crippen molar-refractivity contribution in [2.24, 2.45) is 0 Å². The van der Waals surface area contributed by atoms with Gasteiger partial charge in [0.2, 0.25) is 0 Å². The molecule has 0 saturated carbocycles. The third kappa shape index (κ3) is 6.56. The number of benzene rings is 2. The van der Waals surface area contributed by atoms with Crippen LogP contribution in [0.3, 0.4) is 0 Å². The molecule has 0 aliphatic heterocycles. The van der Waals surface area contributed by atoms with Crippen LogP contribution in [0.5, 0.6) is 0 Å². The van der Waals surface area contributed by atoms with Crippen LogP contribution in [0.15, 0.2) is 71.8 Å². The zero-order chi connectivity index (χ0) is 19.5. The number of hydrogen-bond acceptors (Lipinski definition) is 5. The maximum absolute atomic E-state index is 12.0. The van der Waals surface area contributed by atoms with E-state index >= 15 is 0 Å². The van der Waals surface area contributed by atoms with Crippen LogP contribution in [-0.2, 0) is 19.1 Å². The van der Waals surface area contributed by atoms with E-state index in [2.05, 4.69) is 5.32 Å². The molecule has 140 valence electrons. The van der Waals surface area contributed by atoms with E-state index in [4.69, 9.17) is 9.47 Å². The Kier molecular flexibility index (Phi) is 8.00. The van der Waals surface area contributed by atoms with E-state index in [1.54, 1.807) is 12.2 Å². The van der Waals surface area contributed by atoms with Crippen molar-refractivity contribution < 1.29 is 19.1 Å². The molecule has 0 heterocycles. The van der Waals surface area contributed by atoms with Crippen molar-refractivity contribution in [3.63, 3.8) is 0 Å². The molecule has 0 aliphatic carbocycles. The normalized spacial score (nSPS) is 11.8. The Hall–Kier alpha value is -3.18. The summed E-state index contributed by atoms with van der Waals surface area (Å²) in [6.45, 7) is 0.509. The summed E-state index contributed by atoms with van der Waals surface area (Å²) >= 11 is 0. The monoisotopic (exact) mass is 365 g/mol. The Bertz CT molecular complexity index is 741. The molecule has 0 radical (unpaired) electrons. The molecular formula is C22H23NO4. The molecule has 0 atom stereocenters. The predicted octanol–water partition coefficient (Wildman–Crippen LogP) is 3.09. The van der Waals surface area contributed by atoms with Crippen molar-refractivity contribution in [2.75, 3.05) is 27.3 Å². The number of carbonyl (C=O) groups is 2. The van der Waals surface area contributed by atoms with Crippen molar-refractivity contribution in [1.29, 1.82) is 0 Å². The molecule has 0 bridgehead atoms. The number of esters is 2. The van der Waals surface area contributed by atoms with Gasteiger partial charge in [-0.1, -0.05) is 60.7 Å². The summed E-state index contributed by atoms with van der Waals surface area (Å²) in [6.07, 6.45) is 3.52. The maximum atomic E-state index is 12.0. The van der Waals surface area contributed by atoms with Crippen molar-refractivity contribution in [1.82, 2.24) is 5.32 Å². The molecule has 5 nitrogen and oxygen atoms in total. The average molecular weight is 365 g/mol. The Morgan fingerprint density at radius 2 is 1.11 bits per heavy atom. The smallest absolute Gasteiger partial charge is 0.335 e. The van der Waals surface area contributed by atoms with E-state index in [0.717, 1.165) is 11.1 Å². The Morgan fingerprint density at radius 1 is 0.741 bits per heavy atom. The third-order valence-electron chi connectivity index (χ3n) is 3.81. The molecule has 2 rings (SSSR count). The minimum atomic E-state index is -0.419. The van der Waals surface area contributed by atoms with Gasteiger partial charge in [-0.05, 0) is 23.3 Å². The van der Waals surface area contributed by atoms with Crippen LogP contribution in [0.25, 0.3) is 12.2 Å². The van der Waals surface area contributed by atoms with E-state index in [-0.39, 0.29) is 13.1 Å². The fraction of sp³-hybridized carbons (Fsp3) is 0.182. The highest BCUT2D eigenvalue weighted by molar-refractivity contribution is 5.95. The van der Waals surface area contributed by atoms with Crippen LogP contribution in [0, 0.1) is 0 Å².